The average molecular weight is 537 g/mol. The Kier molecular flexibility index (Phi) is 9.29. The Labute approximate surface area is 184 Å². The van der Waals surface area contributed by atoms with Crippen LogP contribution in [-0.2, 0) is 31.6 Å². The molecule has 2 rings (SSSR count). The quantitative estimate of drug-likeness (QED) is 0.168. The lowest BCUT2D eigenvalue weighted by Gasteiger charge is -2.34. The van der Waals surface area contributed by atoms with E-state index in [4.69, 9.17) is 25.2 Å². The summed E-state index contributed by atoms with van der Waals surface area (Å²) in [5, 5.41) is 10.3. The summed E-state index contributed by atoms with van der Waals surface area (Å²) in [5.41, 5.74) is 4.06. The van der Waals surface area contributed by atoms with Crippen molar-refractivity contribution in [1.82, 2.24) is 9.55 Å². The first-order chi connectivity index (χ1) is 15.1. The van der Waals surface area contributed by atoms with Gasteiger partial charge in [0.05, 0.1) is 30.9 Å². The molecule has 1 aliphatic heterocycles. The van der Waals surface area contributed by atoms with Crippen molar-refractivity contribution in [3.63, 3.8) is 0 Å². The standard InChI is InChI=1S/C13H22N3O14P3/c14-3-1-2-8-5-16(13(19)15-12(8)18)9-4-10(17)11(27-6-9)7-28-32(23,24)30-33(25,26)29-31(20,21)22/h1-2,5,9-11,17H,3-4,6-7,14H2,(H,23,24)(H,25,26)(H,15,18,19)(H2,20,21,22)/b2-1+. The number of aliphatic hydroxyl groups excluding tert-OH is 1. The molecule has 0 spiro atoms. The molecule has 0 bridgehead atoms. The number of aromatic amines is 1. The Morgan fingerprint density at radius 1 is 1.18 bits per heavy atom. The number of nitrogens with two attached hydrogens (primary N) is 1. The van der Waals surface area contributed by atoms with Crippen molar-refractivity contribution in [3.8, 4) is 0 Å². The van der Waals surface area contributed by atoms with Crippen molar-refractivity contribution >= 4 is 29.5 Å². The van der Waals surface area contributed by atoms with Gasteiger partial charge >= 0.3 is 29.2 Å². The van der Waals surface area contributed by atoms with Gasteiger partial charge in [-0.15, -0.1) is 0 Å². The van der Waals surface area contributed by atoms with E-state index in [1.807, 2.05) is 0 Å². The third-order valence-electron chi connectivity index (χ3n) is 4.09. The van der Waals surface area contributed by atoms with Crippen LogP contribution < -0.4 is 17.0 Å². The van der Waals surface area contributed by atoms with Gasteiger partial charge < -0.3 is 35.2 Å². The minimum Gasteiger partial charge on any atom is -0.390 e. The molecular weight excluding hydrogens is 515 g/mol. The Bertz CT molecular complexity index is 1130. The van der Waals surface area contributed by atoms with Crippen molar-refractivity contribution < 1.29 is 56.3 Å². The van der Waals surface area contributed by atoms with E-state index in [0.717, 1.165) is 4.57 Å². The molecule has 0 saturated carbocycles. The third kappa shape index (κ3) is 8.77. The molecule has 1 aromatic heterocycles. The van der Waals surface area contributed by atoms with Crippen molar-refractivity contribution in [2.24, 2.45) is 5.73 Å². The normalized spacial score (nSPS) is 25.6. The number of phosphoric acid groups is 3. The number of nitrogens with zero attached hydrogens (tertiary/aromatic N) is 1. The monoisotopic (exact) mass is 537 g/mol. The number of rotatable bonds is 10. The second-order valence-electron chi connectivity index (χ2n) is 6.60. The van der Waals surface area contributed by atoms with Crippen LogP contribution in [0, 0.1) is 0 Å². The van der Waals surface area contributed by atoms with E-state index in [2.05, 4.69) is 18.1 Å². The van der Waals surface area contributed by atoms with Crippen LogP contribution in [0.1, 0.15) is 18.0 Å². The smallest absolute Gasteiger partial charge is 0.390 e. The first kappa shape index (κ1) is 28.0. The molecule has 5 atom stereocenters. The predicted octanol–water partition coefficient (Wildman–Crippen LogP) is -1.46. The maximum Gasteiger partial charge on any atom is 0.490 e. The minimum absolute atomic E-state index is 0.115. The zero-order chi connectivity index (χ0) is 25.0. The molecule has 1 fully saturated rings. The SMILES string of the molecule is NC/C=C/c1cn(C2COC(COP(=O)(O)OP(=O)(O)OP(=O)(O)O)C(O)C2)c(=O)[nH]c1=O. The molecule has 0 amide bonds. The molecule has 1 aliphatic rings. The minimum atomic E-state index is -5.68. The summed E-state index contributed by atoms with van der Waals surface area (Å²) < 4.78 is 51.7. The molecule has 0 radical (unpaired) electrons. The summed E-state index contributed by atoms with van der Waals surface area (Å²) in [7, 11) is -16.6. The maximum absolute atomic E-state index is 12.1. The second-order valence-corrected chi connectivity index (χ2v) is 11.0. The lowest BCUT2D eigenvalue weighted by atomic mass is 10.0. The summed E-state index contributed by atoms with van der Waals surface area (Å²) in [6, 6.07) is -0.739. The molecule has 8 N–H and O–H groups in total. The average Bonchev–Trinajstić information content (AvgIpc) is 2.63. The lowest BCUT2D eigenvalue weighted by molar-refractivity contribution is -0.111. The molecule has 0 aromatic carbocycles. The maximum atomic E-state index is 12.1. The highest BCUT2D eigenvalue weighted by molar-refractivity contribution is 7.66. The number of aromatic nitrogens is 2. The summed E-state index contributed by atoms with van der Waals surface area (Å²) in [6.45, 7) is -0.892. The topological polar surface area (TPSA) is 270 Å². The van der Waals surface area contributed by atoms with Crippen LogP contribution in [0.3, 0.4) is 0 Å². The number of hydrogen-bond acceptors (Lipinski definition) is 11. The Balaban J connectivity index is 2.02. The van der Waals surface area contributed by atoms with E-state index in [9.17, 15) is 33.3 Å². The van der Waals surface area contributed by atoms with Gasteiger partial charge in [0.15, 0.2) is 0 Å². The summed E-state index contributed by atoms with van der Waals surface area (Å²) in [5.74, 6) is 0. The van der Waals surface area contributed by atoms with Gasteiger partial charge in [0, 0.05) is 12.7 Å². The van der Waals surface area contributed by atoms with Gasteiger partial charge in [0.1, 0.15) is 6.10 Å². The summed E-state index contributed by atoms with van der Waals surface area (Å²) >= 11 is 0. The Morgan fingerprint density at radius 3 is 2.42 bits per heavy atom. The van der Waals surface area contributed by atoms with Crippen LogP contribution in [0.15, 0.2) is 21.9 Å². The highest BCUT2D eigenvalue weighted by Crippen LogP contribution is 2.66. The second kappa shape index (κ2) is 11.0. The fourth-order valence-electron chi connectivity index (χ4n) is 2.75. The number of aliphatic hydroxyl groups is 1. The van der Waals surface area contributed by atoms with E-state index in [1.165, 1.54) is 18.3 Å². The van der Waals surface area contributed by atoms with Gasteiger partial charge in [-0.1, -0.05) is 12.2 Å². The van der Waals surface area contributed by atoms with E-state index in [1.54, 1.807) is 0 Å². The molecule has 5 unspecified atom stereocenters. The van der Waals surface area contributed by atoms with Gasteiger partial charge in [-0.05, 0) is 6.42 Å². The van der Waals surface area contributed by atoms with Gasteiger partial charge in [-0.2, -0.15) is 8.62 Å². The summed E-state index contributed by atoms with van der Waals surface area (Å²) in [6.07, 6.45) is 1.42. The van der Waals surface area contributed by atoms with Gasteiger partial charge in [-0.25, -0.2) is 18.5 Å². The van der Waals surface area contributed by atoms with E-state index >= 15 is 0 Å². The van der Waals surface area contributed by atoms with Crippen LogP contribution in [0.4, 0.5) is 0 Å². The lowest BCUT2D eigenvalue weighted by Crippen LogP contribution is -2.45. The highest BCUT2D eigenvalue weighted by Gasteiger charge is 2.42. The number of H-pyrrole nitrogens is 1. The van der Waals surface area contributed by atoms with Gasteiger partial charge in [0.2, 0.25) is 0 Å². The zero-order valence-corrected chi connectivity index (χ0v) is 19.3. The molecular formula is C13H22N3O14P3. The van der Waals surface area contributed by atoms with Crippen molar-refractivity contribution in [2.45, 2.75) is 24.7 Å². The van der Waals surface area contributed by atoms with Crippen molar-refractivity contribution in [3.05, 3.63) is 38.7 Å². The number of hydrogen-bond donors (Lipinski definition) is 7. The highest BCUT2D eigenvalue weighted by atomic mass is 31.3. The number of nitrogens with one attached hydrogen (secondary N) is 1. The van der Waals surface area contributed by atoms with Crippen LogP contribution in [-0.4, -0.2) is 66.2 Å². The van der Waals surface area contributed by atoms with E-state index in [0.29, 0.717) is 0 Å². The van der Waals surface area contributed by atoms with Crippen LogP contribution in [0.25, 0.3) is 6.08 Å². The van der Waals surface area contributed by atoms with Crippen LogP contribution in [0.5, 0.6) is 0 Å². The number of phosphoric ester groups is 1. The Hall–Kier alpha value is -1.29. The molecule has 0 aliphatic carbocycles. The molecule has 1 saturated heterocycles. The first-order valence-electron chi connectivity index (χ1n) is 8.92. The van der Waals surface area contributed by atoms with E-state index < -0.39 is 59.6 Å². The molecule has 188 valence electrons. The molecule has 33 heavy (non-hydrogen) atoms. The van der Waals surface area contributed by atoms with Gasteiger partial charge in [-0.3, -0.25) is 18.9 Å². The zero-order valence-electron chi connectivity index (χ0n) is 16.6. The summed E-state index contributed by atoms with van der Waals surface area (Å²) in [4.78, 5) is 61.7. The van der Waals surface area contributed by atoms with E-state index in [-0.39, 0.29) is 25.1 Å². The fourth-order valence-corrected chi connectivity index (χ4v) is 5.78. The van der Waals surface area contributed by atoms with Gasteiger partial charge in [0.25, 0.3) is 5.56 Å². The largest absolute Gasteiger partial charge is 0.490 e. The molecule has 2 heterocycles. The number of ether oxygens (including phenoxy) is 1. The van der Waals surface area contributed by atoms with Crippen LogP contribution >= 0.6 is 23.5 Å². The predicted molar refractivity (Wildman–Crippen MR) is 109 cm³/mol. The Morgan fingerprint density at radius 2 is 1.85 bits per heavy atom. The molecule has 17 nitrogen and oxygen atoms in total. The van der Waals surface area contributed by atoms with Crippen molar-refractivity contribution in [1.29, 1.82) is 0 Å². The fraction of sp³-hybridized carbons (Fsp3) is 0.538. The molecule has 1 aromatic rings. The molecule has 20 heteroatoms. The third-order valence-corrected chi connectivity index (χ3v) is 7.89. The van der Waals surface area contributed by atoms with Crippen LogP contribution in [0.2, 0.25) is 0 Å². The first-order valence-corrected chi connectivity index (χ1v) is 13.4. The van der Waals surface area contributed by atoms with Crippen molar-refractivity contribution in [2.75, 3.05) is 19.8 Å².